The van der Waals surface area contributed by atoms with Gasteiger partial charge in [-0.3, -0.25) is 10.1 Å². The number of rotatable bonds is 3. The molecular formula is C10H10BrNO4. The average Bonchev–Trinajstić information content (AvgIpc) is 2.26. The van der Waals surface area contributed by atoms with E-state index in [1.165, 1.54) is 19.2 Å². The zero-order valence-electron chi connectivity index (χ0n) is 8.82. The van der Waals surface area contributed by atoms with Crippen LogP contribution in [0.4, 0.5) is 5.69 Å². The quantitative estimate of drug-likeness (QED) is 0.487. The third kappa shape index (κ3) is 2.38. The molecule has 0 aliphatic rings. The highest BCUT2D eigenvalue weighted by molar-refractivity contribution is 9.10. The van der Waals surface area contributed by atoms with Gasteiger partial charge in [-0.2, -0.15) is 0 Å². The first-order chi connectivity index (χ1) is 7.51. The predicted octanol–water partition coefficient (Wildman–Crippen LogP) is 2.71. The van der Waals surface area contributed by atoms with Gasteiger partial charge < -0.3 is 4.74 Å². The van der Waals surface area contributed by atoms with Crippen molar-refractivity contribution in [2.75, 3.05) is 7.11 Å². The molecule has 6 heteroatoms. The molecule has 5 nitrogen and oxygen atoms in total. The summed E-state index contributed by atoms with van der Waals surface area (Å²) in [6.45, 7) is 1.75. The van der Waals surface area contributed by atoms with Crippen molar-refractivity contribution in [3.63, 3.8) is 0 Å². The summed E-state index contributed by atoms with van der Waals surface area (Å²) >= 11 is 3.13. The largest absolute Gasteiger partial charge is 0.465 e. The highest BCUT2D eigenvalue weighted by Crippen LogP contribution is 2.28. The normalized spacial score (nSPS) is 9.94. The molecule has 0 aromatic heterocycles. The fourth-order valence-corrected chi connectivity index (χ4v) is 1.89. The van der Waals surface area contributed by atoms with Crippen LogP contribution < -0.4 is 0 Å². The van der Waals surface area contributed by atoms with E-state index in [0.29, 0.717) is 16.5 Å². The molecule has 1 aromatic carbocycles. The topological polar surface area (TPSA) is 69.4 Å². The number of nitro groups is 1. The van der Waals surface area contributed by atoms with E-state index >= 15 is 0 Å². The second-order valence-electron chi connectivity index (χ2n) is 3.05. The Balaban J connectivity index is 3.48. The highest BCUT2D eigenvalue weighted by Gasteiger charge is 2.22. The number of halogens is 1. The Bertz CT molecular complexity index is 445. The van der Waals surface area contributed by atoms with Crippen molar-refractivity contribution >= 4 is 27.6 Å². The SMILES string of the molecule is CCc1c(C(=O)OC)cc(Br)cc1[N+](=O)[O-]. The van der Waals surface area contributed by atoms with E-state index in [1.54, 1.807) is 6.92 Å². The molecule has 0 N–H and O–H groups in total. The maximum Gasteiger partial charge on any atom is 0.338 e. The molecular weight excluding hydrogens is 278 g/mol. The van der Waals surface area contributed by atoms with Crippen LogP contribution in [-0.2, 0) is 11.2 Å². The lowest BCUT2D eigenvalue weighted by atomic mass is 10.0. The van der Waals surface area contributed by atoms with Crippen molar-refractivity contribution in [2.45, 2.75) is 13.3 Å². The number of methoxy groups -OCH3 is 1. The Kier molecular flexibility index (Phi) is 4.00. The van der Waals surface area contributed by atoms with Crippen molar-refractivity contribution < 1.29 is 14.5 Å². The second kappa shape index (κ2) is 5.07. The first-order valence-electron chi connectivity index (χ1n) is 4.56. The number of carbonyl (C=O) groups excluding carboxylic acids is 1. The van der Waals surface area contributed by atoms with Gasteiger partial charge in [-0.15, -0.1) is 0 Å². The molecule has 86 valence electrons. The van der Waals surface area contributed by atoms with Gasteiger partial charge in [0.05, 0.1) is 17.6 Å². The highest BCUT2D eigenvalue weighted by atomic mass is 79.9. The zero-order valence-corrected chi connectivity index (χ0v) is 10.4. The molecule has 1 rings (SSSR count). The summed E-state index contributed by atoms with van der Waals surface area (Å²) in [7, 11) is 1.24. The lowest BCUT2D eigenvalue weighted by Gasteiger charge is -2.07. The van der Waals surface area contributed by atoms with Gasteiger partial charge in [0.25, 0.3) is 5.69 Å². The molecule has 0 radical (unpaired) electrons. The number of hydrogen-bond acceptors (Lipinski definition) is 4. The summed E-state index contributed by atoms with van der Waals surface area (Å²) in [6.07, 6.45) is 0.397. The van der Waals surface area contributed by atoms with Crippen LogP contribution in [0, 0.1) is 10.1 Å². The van der Waals surface area contributed by atoms with E-state index in [0.717, 1.165) is 0 Å². The smallest absolute Gasteiger partial charge is 0.338 e. The number of hydrogen-bond donors (Lipinski definition) is 0. The molecule has 0 heterocycles. The first-order valence-corrected chi connectivity index (χ1v) is 5.35. The van der Waals surface area contributed by atoms with Crippen LogP contribution in [0.15, 0.2) is 16.6 Å². The van der Waals surface area contributed by atoms with Gasteiger partial charge in [-0.1, -0.05) is 22.9 Å². The number of benzene rings is 1. The molecule has 0 fully saturated rings. The number of nitro benzene ring substituents is 1. The van der Waals surface area contributed by atoms with E-state index in [9.17, 15) is 14.9 Å². The van der Waals surface area contributed by atoms with Gasteiger partial charge >= 0.3 is 5.97 Å². The fraction of sp³-hybridized carbons (Fsp3) is 0.300. The van der Waals surface area contributed by atoms with Crippen LogP contribution in [0.1, 0.15) is 22.8 Å². The summed E-state index contributed by atoms with van der Waals surface area (Å²) in [5.74, 6) is -0.568. The maximum atomic E-state index is 11.5. The van der Waals surface area contributed by atoms with Gasteiger partial charge in [-0.05, 0) is 12.5 Å². The van der Waals surface area contributed by atoms with Crippen LogP contribution in [-0.4, -0.2) is 18.0 Å². The molecule has 0 amide bonds. The van der Waals surface area contributed by atoms with Crippen LogP contribution in [0.3, 0.4) is 0 Å². The predicted molar refractivity (Wildman–Crippen MR) is 61.5 cm³/mol. The van der Waals surface area contributed by atoms with Crippen LogP contribution in [0.2, 0.25) is 0 Å². The molecule has 1 aromatic rings. The number of esters is 1. The number of nitrogens with zero attached hydrogens (tertiary/aromatic N) is 1. The second-order valence-corrected chi connectivity index (χ2v) is 3.97. The summed E-state index contributed by atoms with van der Waals surface area (Å²) in [4.78, 5) is 21.8. The lowest BCUT2D eigenvalue weighted by Crippen LogP contribution is -2.08. The Morgan fingerprint density at radius 3 is 2.62 bits per heavy atom. The number of ether oxygens (including phenoxy) is 1. The van der Waals surface area contributed by atoms with Gasteiger partial charge in [0, 0.05) is 16.1 Å². The Labute approximate surface area is 101 Å². The molecule has 16 heavy (non-hydrogen) atoms. The van der Waals surface area contributed by atoms with Crippen molar-refractivity contribution in [2.24, 2.45) is 0 Å². The minimum absolute atomic E-state index is 0.0720. The standard InChI is InChI=1S/C10H10BrNO4/c1-3-7-8(10(13)16-2)4-6(11)5-9(7)12(14)15/h4-5H,3H2,1-2H3. The average molecular weight is 288 g/mol. The molecule has 0 aliphatic heterocycles. The molecule has 0 saturated carbocycles. The molecule has 0 unspecified atom stereocenters. The van der Waals surface area contributed by atoms with Crippen LogP contribution in [0.25, 0.3) is 0 Å². The molecule has 0 bridgehead atoms. The third-order valence-electron chi connectivity index (χ3n) is 2.15. The van der Waals surface area contributed by atoms with Gasteiger partial charge in [0.2, 0.25) is 0 Å². The van der Waals surface area contributed by atoms with Crippen LogP contribution in [0.5, 0.6) is 0 Å². The summed E-state index contributed by atoms with van der Waals surface area (Å²) in [6, 6.07) is 2.91. The Morgan fingerprint density at radius 2 is 2.19 bits per heavy atom. The van der Waals surface area contributed by atoms with Gasteiger partial charge in [0.1, 0.15) is 0 Å². The molecule has 0 saturated heterocycles. The molecule has 0 spiro atoms. The third-order valence-corrected chi connectivity index (χ3v) is 2.60. The van der Waals surface area contributed by atoms with E-state index in [-0.39, 0.29) is 11.3 Å². The van der Waals surface area contributed by atoms with E-state index in [1.807, 2.05) is 0 Å². The summed E-state index contributed by atoms with van der Waals surface area (Å²) < 4.78 is 5.07. The van der Waals surface area contributed by atoms with Gasteiger partial charge in [0.15, 0.2) is 0 Å². The summed E-state index contributed by atoms with van der Waals surface area (Å²) in [5.41, 5.74) is 0.545. The Hall–Kier alpha value is -1.43. The van der Waals surface area contributed by atoms with Crippen LogP contribution >= 0.6 is 15.9 Å². The van der Waals surface area contributed by atoms with Gasteiger partial charge in [-0.25, -0.2) is 4.79 Å². The van der Waals surface area contributed by atoms with Crippen molar-refractivity contribution in [1.29, 1.82) is 0 Å². The van der Waals surface area contributed by atoms with E-state index in [4.69, 9.17) is 0 Å². The van der Waals surface area contributed by atoms with Crippen molar-refractivity contribution in [3.05, 3.63) is 37.8 Å². The molecule has 0 atom stereocenters. The van der Waals surface area contributed by atoms with Crippen molar-refractivity contribution in [1.82, 2.24) is 0 Å². The number of carbonyl (C=O) groups is 1. The molecule has 0 aliphatic carbocycles. The Morgan fingerprint density at radius 1 is 1.56 bits per heavy atom. The minimum atomic E-state index is -0.568. The van der Waals surface area contributed by atoms with Crippen molar-refractivity contribution in [3.8, 4) is 0 Å². The monoisotopic (exact) mass is 287 g/mol. The first kappa shape index (κ1) is 12.6. The lowest BCUT2D eigenvalue weighted by molar-refractivity contribution is -0.385. The maximum absolute atomic E-state index is 11.5. The van der Waals surface area contributed by atoms with E-state index < -0.39 is 10.9 Å². The summed E-state index contributed by atoms with van der Waals surface area (Å²) in [5, 5.41) is 10.8. The fourth-order valence-electron chi connectivity index (χ4n) is 1.45. The minimum Gasteiger partial charge on any atom is -0.465 e. The van der Waals surface area contributed by atoms with E-state index in [2.05, 4.69) is 20.7 Å². The zero-order chi connectivity index (χ0) is 12.3.